The van der Waals surface area contributed by atoms with E-state index >= 15 is 0 Å². The number of halogens is 2. The molecule has 0 aromatic heterocycles. The number of nitro benzene ring substituents is 1. The molecule has 0 atom stereocenters. The zero-order valence-corrected chi connectivity index (χ0v) is 15.2. The Morgan fingerprint density at radius 2 is 1.96 bits per heavy atom. The molecule has 0 fully saturated rings. The van der Waals surface area contributed by atoms with E-state index in [0.717, 1.165) is 5.56 Å². The van der Waals surface area contributed by atoms with Crippen molar-refractivity contribution in [3.63, 3.8) is 0 Å². The Labute approximate surface area is 155 Å². The minimum absolute atomic E-state index is 0.132. The van der Waals surface area contributed by atoms with Gasteiger partial charge in [0.25, 0.3) is 5.91 Å². The van der Waals surface area contributed by atoms with Crippen LogP contribution in [0.25, 0.3) is 0 Å². The third kappa shape index (κ3) is 4.61. The van der Waals surface area contributed by atoms with Crippen LogP contribution in [0.1, 0.15) is 22.8 Å². The van der Waals surface area contributed by atoms with Gasteiger partial charge in [0, 0.05) is 35.3 Å². The van der Waals surface area contributed by atoms with Crippen LogP contribution in [0.4, 0.5) is 5.69 Å². The molecule has 2 aromatic rings. The van der Waals surface area contributed by atoms with Crippen molar-refractivity contribution < 1.29 is 14.5 Å². The maximum Gasteiger partial charge on any atom is 0.311 e. The van der Waals surface area contributed by atoms with Crippen molar-refractivity contribution in [3.05, 3.63) is 67.7 Å². The number of amides is 1. The molecule has 6 nitrogen and oxygen atoms in total. The Morgan fingerprint density at radius 1 is 1.24 bits per heavy atom. The normalized spacial score (nSPS) is 10.4. The monoisotopic (exact) mass is 382 g/mol. The van der Waals surface area contributed by atoms with Gasteiger partial charge in [-0.05, 0) is 36.8 Å². The lowest BCUT2D eigenvalue weighted by molar-refractivity contribution is -0.385. The molecule has 25 heavy (non-hydrogen) atoms. The standard InChI is InChI=1S/C17H16Cl2N2O4/c1-3-25-16-7-5-11(8-15(16)21(23)24)17(22)20(2)10-12-4-6-13(18)9-14(12)19/h4-9H,3,10H2,1-2H3. The molecule has 1 amide bonds. The van der Waals surface area contributed by atoms with Gasteiger partial charge in [0.05, 0.1) is 11.5 Å². The largest absolute Gasteiger partial charge is 0.487 e. The summed E-state index contributed by atoms with van der Waals surface area (Å²) < 4.78 is 5.22. The summed E-state index contributed by atoms with van der Waals surface area (Å²) in [4.78, 5) is 24.6. The first-order valence-electron chi connectivity index (χ1n) is 7.44. The first-order valence-corrected chi connectivity index (χ1v) is 8.19. The van der Waals surface area contributed by atoms with E-state index in [2.05, 4.69) is 0 Å². The maximum absolute atomic E-state index is 12.6. The third-order valence-electron chi connectivity index (χ3n) is 3.47. The number of nitro groups is 1. The first-order chi connectivity index (χ1) is 11.8. The van der Waals surface area contributed by atoms with Gasteiger partial charge >= 0.3 is 5.69 Å². The van der Waals surface area contributed by atoms with Crippen LogP contribution in [0.15, 0.2) is 36.4 Å². The van der Waals surface area contributed by atoms with Crippen molar-refractivity contribution in [1.29, 1.82) is 0 Å². The molecule has 0 saturated carbocycles. The topological polar surface area (TPSA) is 72.7 Å². The summed E-state index contributed by atoms with van der Waals surface area (Å²) in [6.45, 7) is 2.27. The Hall–Kier alpha value is -2.31. The van der Waals surface area contributed by atoms with Crippen molar-refractivity contribution in [1.82, 2.24) is 4.90 Å². The van der Waals surface area contributed by atoms with Crippen LogP contribution in [-0.2, 0) is 6.54 Å². The van der Waals surface area contributed by atoms with Gasteiger partial charge in [-0.1, -0.05) is 29.3 Å². The molecular formula is C17H16Cl2N2O4. The first kappa shape index (κ1) is 19.0. The molecule has 0 spiro atoms. The van der Waals surface area contributed by atoms with Gasteiger partial charge in [0.1, 0.15) is 0 Å². The average Bonchev–Trinajstić information content (AvgIpc) is 2.57. The molecule has 0 aliphatic rings. The predicted molar refractivity (Wildman–Crippen MR) is 96.5 cm³/mol. The molecule has 0 aliphatic heterocycles. The molecule has 0 N–H and O–H groups in total. The fourth-order valence-corrected chi connectivity index (χ4v) is 2.74. The van der Waals surface area contributed by atoms with E-state index < -0.39 is 4.92 Å². The number of rotatable bonds is 6. The molecule has 0 aliphatic carbocycles. The number of benzene rings is 2. The molecule has 0 heterocycles. The second-order valence-electron chi connectivity index (χ2n) is 5.27. The van der Waals surface area contributed by atoms with Gasteiger partial charge in [-0.25, -0.2) is 0 Å². The zero-order chi connectivity index (χ0) is 18.6. The van der Waals surface area contributed by atoms with E-state index in [9.17, 15) is 14.9 Å². The summed E-state index contributed by atoms with van der Waals surface area (Å²) in [6.07, 6.45) is 0. The van der Waals surface area contributed by atoms with Gasteiger partial charge in [0.2, 0.25) is 0 Å². The number of ether oxygens (including phenoxy) is 1. The molecule has 2 aromatic carbocycles. The highest BCUT2D eigenvalue weighted by Crippen LogP contribution is 2.29. The highest BCUT2D eigenvalue weighted by atomic mass is 35.5. The molecule has 0 radical (unpaired) electrons. The molecule has 8 heteroatoms. The zero-order valence-electron chi connectivity index (χ0n) is 13.7. The summed E-state index contributed by atoms with van der Waals surface area (Å²) in [5.74, 6) is -0.232. The lowest BCUT2D eigenvalue weighted by Gasteiger charge is -2.18. The van der Waals surface area contributed by atoms with Crippen LogP contribution < -0.4 is 4.74 Å². The summed E-state index contributed by atoms with van der Waals surface area (Å²) in [5, 5.41) is 12.1. The fraction of sp³-hybridized carbons (Fsp3) is 0.235. The molecule has 132 valence electrons. The Bertz CT molecular complexity index is 811. The minimum atomic E-state index is -0.572. The number of hydrogen-bond donors (Lipinski definition) is 0. The lowest BCUT2D eigenvalue weighted by Crippen LogP contribution is -2.26. The summed E-state index contributed by atoms with van der Waals surface area (Å²) in [5.41, 5.74) is 0.677. The van der Waals surface area contributed by atoms with Crippen molar-refractivity contribution in [2.45, 2.75) is 13.5 Å². The van der Waals surface area contributed by atoms with Gasteiger partial charge in [-0.2, -0.15) is 0 Å². The minimum Gasteiger partial charge on any atom is -0.487 e. The van der Waals surface area contributed by atoms with Crippen LogP contribution >= 0.6 is 23.2 Å². The Morgan fingerprint density at radius 3 is 2.56 bits per heavy atom. The van der Waals surface area contributed by atoms with Gasteiger partial charge in [-0.3, -0.25) is 14.9 Å². The van der Waals surface area contributed by atoms with Gasteiger partial charge < -0.3 is 9.64 Å². The summed E-state index contributed by atoms with van der Waals surface area (Å²) in [7, 11) is 1.59. The van der Waals surface area contributed by atoms with E-state index in [1.807, 2.05) is 0 Å². The SMILES string of the molecule is CCOc1ccc(C(=O)N(C)Cc2ccc(Cl)cc2Cl)cc1[N+](=O)[O-]. The summed E-state index contributed by atoms with van der Waals surface area (Å²) >= 11 is 12.0. The van der Waals surface area contributed by atoms with E-state index in [4.69, 9.17) is 27.9 Å². The number of hydrogen-bond acceptors (Lipinski definition) is 4. The van der Waals surface area contributed by atoms with Crippen LogP contribution in [0, 0.1) is 10.1 Å². The van der Waals surface area contributed by atoms with Crippen LogP contribution in [0.5, 0.6) is 5.75 Å². The van der Waals surface area contributed by atoms with E-state index in [0.29, 0.717) is 16.7 Å². The number of carbonyl (C=O) groups is 1. The Kier molecular flexibility index (Phi) is 6.22. The van der Waals surface area contributed by atoms with Crippen LogP contribution in [0.2, 0.25) is 10.0 Å². The number of carbonyl (C=O) groups excluding carboxylic acids is 1. The Balaban J connectivity index is 2.24. The average molecular weight is 383 g/mol. The third-order valence-corrected chi connectivity index (χ3v) is 4.06. The van der Waals surface area contributed by atoms with Gasteiger partial charge in [0.15, 0.2) is 5.75 Å². The van der Waals surface area contributed by atoms with Crippen molar-refractivity contribution >= 4 is 34.8 Å². The second kappa shape index (κ2) is 8.18. The molecular weight excluding hydrogens is 367 g/mol. The molecule has 0 bridgehead atoms. The maximum atomic E-state index is 12.6. The lowest BCUT2D eigenvalue weighted by atomic mass is 10.1. The smallest absolute Gasteiger partial charge is 0.311 e. The molecule has 0 saturated heterocycles. The van der Waals surface area contributed by atoms with Crippen molar-refractivity contribution in [3.8, 4) is 5.75 Å². The van der Waals surface area contributed by atoms with E-state index in [1.165, 1.54) is 23.1 Å². The van der Waals surface area contributed by atoms with Crippen LogP contribution in [-0.4, -0.2) is 29.4 Å². The van der Waals surface area contributed by atoms with Crippen molar-refractivity contribution in [2.24, 2.45) is 0 Å². The van der Waals surface area contributed by atoms with Crippen LogP contribution in [0.3, 0.4) is 0 Å². The van der Waals surface area contributed by atoms with E-state index in [-0.39, 0.29) is 29.5 Å². The second-order valence-corrected chi connectivity index (χ2v) is 6.11. The predicted octanol–water partition coefficient (Wildman–Crippen LogP) is 4.57. The molecule has 0 unspecified atom stereocenters. The molecule has 2 rings (SSSR count). The highest BCUT2D eigenvalue weighted by Gasteiger charge is 2.21. The summed E-state index contributed by atoms with van der Waals surface area (Å²) in [6, 6.07) is 9.15. The number of nitrogens with zero attached hydrogens (tertiary/aromatic N) is 2. The fourth-order valence-electron chi connectivity index (χ4n) is 2.27. The van der Waals surface area contributed by atoms with Crippen molar-refractivity contribution in [2.75, 3.05) is 13.7 Å². The quantitative estimate of drug-likeness (QED) is 0.541. The van der Waals surface area contributed by atoms with E-state index in [1.54, 1.807) is 32.2 Å². The highest BCUT2D eigenvalue weighted by molar-refractivity contribution is 6.35. The van der Waals surface area contributed by atoms with Gasteiger partial charge in [-0.15, -0.1) is 0 Å².